The fourth-order valence-electron chi connectivity index (χ4n) is 5.12. The van der Waals surface area contributed by atoms with Gasteiger partial charge in [0.05, 0.1) is 12.5 Å². The Kier molecular flexibility index (Phi) is 5.07. The van der Waals surface area contributed by atoms with E-state index in [2.05, 4.69) is 58.9 Å². The highest BCUT2D eigenvalue weighted by atomic mass is 16.5. The van der Waals surface area contributed by atoms with Gasteiger partial charge in [-0.1, -0.05) is 52.0 Å². The van der Waals surface area contributed by atoms with Crippen LogP contribution >= 0.6 is 0 Å². The van der Waals surface area contributed by atoms with Crippen molar-refractivity contribution in [1.29, 1.82) is 0 Å². The Morgan fingerprint density at radius 3 is 2.29 bits per heavy atom. The van der Waals surface area contributed by atoms with Gasteiger partial charge in [0.2, 0.25) is 0 Å². The van der Waals surface area contributed by atoms with Gasteiger partial charge in [-0.2, -0.15) is 0 Å². The maximum absolute atomic E-state index is 11.7. The average Bonchev–Trinajstić information content (AvgIpc) is 3.08. The third-order valence-electron chi connectivity index (χ3n) is 7.57. The SMILES string of the molecule is COC(=O)/C=C(\C)c1ccc2c(c1)C(C)(c1ccc3c(c1)C(C)(C)CCC3(C)C)CO2. The van der Waals surface area contributed by atoms with E-state index in [1.165, 1.54) is 42.2 Å². The Hall–Kier alpha value is -2.55. The number of esters is 1. The second kappa shape index (κ2) is 7.25. The zero-order chi connectivity index (χ0) is 22.6. The minimum Gasteiger partial charge on any atom is -0.492 e. The van der Waals surface area contributed by atoms with Gasteiger partial charge in [-0.3, -0.25) is 0 Å². The van der Waals surface area contributed by atoms with Crippen LogP contribution in [0.1, 0.15) is 82.2 Å². The Balaban J connectivity index is 1.81. The van der Waals surface area contributed by atoms with Crippen molar-refractivity contribution in [2.45, 2.75) is 70.6 Å². The van der Waals surface area contributed by atoms with E-state index in [1.54, 1.807) is 6.08 Å². The molecule has 31 heavy (non-hydrogen) atoms. The maximum atomic E-state index is 11.7. The van der Waals surface area contributed by atoms with E-state index >= 15 is 0 Å². The van der Waals surface area contributed by atoms with Crippen molar-refractivity contribution in [1.82, 2.24) is 0 Å². The monoisotopic (exact) mass is 418 g/mol. The van der Waals surface area contributed by atoms with Crippen LogP contribution in [0, 0.1) is 0 Å². The molecular weight excluding hydrogens is 384 g/mol. The first-order chi connectivity index (χ1) is 14.5. The molecule has 3 nitrogen and oxygen atoms in total. The summed E-state index contributed by atoms with van der Waals surface area (Å²) < 4.78 is 10.9. The summed E-state index contributed by atoms with van der Waals surface area (Å²) in [7, 11) is 1.40. The van der Waals surface area contributed by atoms with E-state index in [-0.39, 0.29) is 22.2 Å². The molecule has 3 heteroatoms. The zero-order valence-corrected chi connectivity index (χ0v) is 19.9. The van der Waals surface area contributed by atoms with E-state index in [4.69, 9.17) is 9.47 Å². The molecule has 2 aliphatic rings. The Labute approximate surface area is 186 Å². The fraction of sp³-hybridized carbons (Fsp3) is 0.464. The molecule has 4 rings (SSSR count). The van der Waals surface area contributed by atoms with Gasteiger partial charge in [-0.15, -0.1) is 0 Å². The third kappa shape index (κ3) is 3.58. The molecule has 1 unspecified atom stereocenters. The third-order valence-corrected chi connectivity index (χ3v) is 7.57. The summed E-state index contributed by atoms with van der Waals surface area (Å²) in [6, 6.07) is 13.3. The van der Waals surface area contributed by atoms with E-state index in [1.807, 2.05) is 19.1 Å². The van der Waals surface area contributed by atoms with E-state index in [9.17, 15) is 4.79 Å². The van der Waals surface area contributed by atoms with Crippen LogP contribution in [0.25, 0.3) is 5.57 Å². The molecule has 0 aromatic heterocycles. The summed E-state index contributed by atoms with van der Waals surface area (Å²) in [5, 5.41) is 0. The van der Waals surface area contributed by atoms with Crippen LogP contribution < -0.4 is 4.74 Å². The van der Waals surface area contributed by atoms with E-state index in [0.29, 0.717) is 6.61 Å². The largest absolute Gasteiger partial charge is 0.492 e. The number of carbonyl (C=O) groups excluding carboxylic acids is 1. The highest BCUT2D eigenvalue weighted by Crippen LogP contribution is 2.49. The first kappa shape index (κ1) is 21.7. The normalized spacial score (nSPS) is 23.5. The van der Waals surface area contributed by atoms with Gasteiger partial charge >= 0.3 is 5.97 Å². The summed E-state index contributed by atoms with van der Waals surface area (Å²) in [5.74, 6) is 0.589. The summed E-state index contributed by atoms with van der Waals surface area (Å²) in [4.78, 5) is 11.7. The molecule has 0 saturated carbocycles. The van der Waals surface area contributed by atoms with Crippen molar-refractivity contribution in [2.75, 3.05) is 13.7 Å². The minimum atomic E-state index is -0.337. The first-order valence-electron chi connectivity index (χ1n) is 11.2. The van der Waals surface area contributed by atoms with Crippen molar-refractivity contribution in [2.24, 2.45) is 0 Å². The lowest BCUT2D eigenvalue weighted by Crippen LogP contribution is -2.35. The standard InChI is InChI=1S/C28H34O3/c1-18(14-25(29)30-7)19-8-11-24-23(15-19)28(6,17-31-24)20-9-10-21-22(16-20)27(4,5)13-12-26(21,2)3/h8-11,14-16H,12-13,17H2,1-7H3/b18-14+. The maximum Gasteiger partial charge on any atom is 0.330 e. The van der Waals surface area contributed by atoms with Crippen LogP contribution in [0.4, 0.5) is 0 Å². The van der Waals surface area contributed by atoms with Crippen LogP contribution in [0.5, 0.6) is 5.75 Å². The minimum absolute atomic E-state index is 0.168. The van der Waals surface area contributed by atoms with Crippen molar-refractivity contribution >= 4 is 11.5 Å². The zero-order valence-electron chi connectivity index (χ0n) is 19.9. The summed E-state index contributed by atoms with van der Waals surface area (Å²) in [6.07, 6.45) is 3.95. The molecule has 1 atom stereocenters. The lowest BCUT2D eigenvalue weighted by atomic mass is 9.62. The van der Waals surface area contributed by atoms with Gasteiger partial charge in [-0.05, 0) is 77.5 Å². The van der Waals surface area contributed by atoms with Gasteiger partial charge in [0.25, 0.3) is 0 Å². The molecule has 0 fully saturated rings. The average molecular weight is 419 g/mol. The van der Waals surface area contributed by atoms with Crippen LogP contribution in [0.2, 0.25) is 0 Å². The van der Waals surface area contributed by atoms with Gasteiger partial charge in [-0.25, -0.2) is 4.79 Å². The molecule has 0 amide bonds. The van der Waals surface area contributed by atoms with E-state index < -0.39 is 0 Å². The summed E-state index contributed by atoms with van der Waals surface area (Å²) >= 11 is 0. The molecule has 164 valence electrons. The Bertz CT molecular complexity index is 1070. The molecule has 0 bridgehead atoms. The second-order valence-corrected chi connectivity index (χ2v) is 10.7. The quantitative estimate of drug-likeness (QED) is 0.433. The smallest absolute Gasteiger partial charge is 0.330 e. The van der Waals surface area contributed by atoms with Crippen molar-refractivity contribution in [3.63, 3.8) is 0 Å². The number of methoxy groups -OCH3 is 1. The van der Waals surface area contributed by atoms with E-state index in [0.717, 1.165) is 16.9 Å². The van der Waals surface area contributed by atoms with Crippen molar-refractivity contribution < 1.29 is 14.3 Å². The lowest BCUT2D eigenvalue weighted by Gasteiger charge is -2.42. The molecule has 0 radical (unpaired) electrons. The van der Waals surface area contributed by atoms with Gasteiger partial charge < -0.3 is 9.47 Å². The van der Waals surface area contributed by atoms with Crippen LogP contribution in [-0.4, -0.2) is 19.7 Å². The number of allylic oxidation sites excluding steroid dienone is 1. The summed E-state index contributed by atoms with van der Waals surface area (Å²) in [5.41, 5.74) is 7.45. The fourth-order valence-corrected chi connectivity index (χ4v) is 5.12. The number of rotatable bonds is 3. The highest BCUT2D eigenvalue weighted by Gasteiger charge is 2.42. The lowest BCUT2D eigenvalue weighted by molar-refractivity contribution is -0.134. The molecule has 1 heterocycles. The number of hydrogen-bond donors (Lipinski definition) is 0. The highest BCUT2D eigenvalue weighted by molar-refractivity contribution is 5.91. The van der Waals surface area contributed by atoms with Gasteiger partial charge in [0.15, 0.2) is 0 Å². The predicted octanol–water partition coefficient (Wildman–Crippen LogP) is 6.31. The first-order valence-corrected chi connectivity index (χ1v) is 11.2. The van der Waals surface area contributed by atoms with Crippen LogP contribution in [-0.2, 0) is 25.8 Å². The number of hydrogen-bond acceptors (Lipinski definition) is 3. The van der Waals surface area contributed by atoms with Crippen LogP contribution in [0.3, 0.4) is 0 Å². The Morgan fingerprint density at radius 1 is 0.935 bits per heavy atom. The number of benzene rings is 2. The topological polar surface area (TPSA) is 35.5 Å². The molecule has 1 aliphatic carbocycles. The molecule has 2 aromatic carbocycles. The molecule has 1 aliphatic heterocycles. The molecule has 2 aromatic rings. The van der Waals surface area contributed by atoms with Crippen molar-refractivity contribution in [3.05, 3.63) is 70.3 Å². The molecular formula is C28H34O3. The van der Waals surface area contributed by atoms with Crippen molar-refractivity contribution in [3.8, 4) is 5.75 Å². The predicted molar refractivity (Wildman–Crippen MR) is 126 cm³/mol. The molecule has 0 saturated heterocycles. The number of ether oxygens (including phenoxy) is 2. The molecule has 0 spiro atoms. The van der Waals surface area contributed by atoms with Gasteiger partial charge in [0.1, 0.15) is 12.4 Å². The second-order valence-electron chi connectivity index (χ2n) is 10.7. The number of carbonyl (C=O) groups is 1. The van der Waals surface area contributed by atoms with Gasteiger partial charge in [0, 0.05) is 11.6 Å². The Morgan fingerprint density at radius 2 is 1.61 bits per heavy atom. The molecule has 0 N–H and O–H groups in total. The number of fused-ring (bicyclic) bond motifs is 2. The summed E-state index contributed by atoms with van der Waals surface area (Å²) in [6.45, 7) is 14.3. The van der Waals surface area contributed by atoms with Crippen LogP contribution in [0.15, 0.2) is 42.5 Å².